The maximum absolute atomic E-state index is 5.82. The number of hydrogen-bond acceptors (Lipinski definition) is 4. The summed E-state index contributed by atoms with van der Waals surface area (Å²) in [5, 5.41) is 0.200. The van der Waals surface area contributed by atoms with Gasteiger partial charge >= 0.3 is 0 Å². The van der Waals surface area contributed by atoms with Crippen molar-refractivity contribution >= 4 is 34.2 Å². The molecule has 0 saturated carbocycles. The minimum Gasteiger partial charge on any atom is -0.328 e. The number of benzene rings is 1. The summed E-state index contributed by atoms with van der Waals surface area (Å²) in [6.45, 7) is 3.03. The van der Waals surface area contributed by atoms with Gasteiger partial charge in [0.2, 0.25) is 10.6 Å². The monoisotopic (exact) mass is 321 g/mol. The summed E-state index contributed by atoms with van der Waals surface area (Å²) in [6.07, 6.45) is 1.49. The maximum atomic E-state index is 5.82. The Labute approximate surface area is 132 Å². The Morgan fingerprint density at radius 2 is 1.71 bits per heavy atom. The zero-order valence-corrected chi connectivity index (χ0v) is 12.9. The first-order chi connectivity index (χ1) is 10.2. The fraction of sp³-hybridized carbons (Fsp3) is 0.286. The molecule has 108 valence electrons. The normalized spacial score (nSPS) is 11.2. The van der Waals surface area contributed by atoms with Crippen molar-refractivity contribution in [1.82, 2.24) is 24.5 Å². The molecule has 3 aromatic rings. The van der Waals surface area contributed by atoms with Crippen LogP contribution in [0.3, 0.4) is 0 Å². The first-order valence-electron chi connectivity index (χ1n) is 6.67. The van der Waals surface area contributed by atoms with Crippen molar-refractivity contribution in [3.8, 4) is 0 Å². The van der Waals surface area contributed by atoms with E-state index in [1.165, 1.54) is 0 Å². The Morgan fingerprint density at radius 1 is 1.00 bits per heavy atom. The highest BCUT2D eigenvalue weighted by molar-refractivity contribution is 6.31. The molecular formula is C14H13Cl2N5. The third kappa shape index (κ3) is 2.99. The van der Waals surface area contributed by atoms with Crippen LogP contribution in [0.4, 0.5) is 0 Å². The Bertz CT molecular complexity index is 764. The van der Waals surface area contributed by atoms with E-state index in [9.17, 15) is 0 Å². The molecule has 0 aliphatic rings. The lowest BCUT2D eigenvalue weighted by Gasteiger charge is -2.07. The summed E-state index contributed by atoms with van der Waals surface area (Å²) in [5.41, 5.74) is 2.08. The van der Waals surface area contributed by atoms with E-state index in [0.29, 0.717) is 12.2 Å². The smallest absolute Gasteiger partial charge is 0.226 e. The molecule has 0 amide bonds. The molecule has 5 nitrogen and oxygen atoms in total. The van der Waals surface area contributed by atoms with E-state index in [4.69, 9.17) is 23.2 Å². The average Bonchev–Trinajstić information content (AvgIpc) is 2.76. The number of aromatic nitrogens is 5. The van der Waals surface area contributed by atoms with Crippen LogP contribution in [0.2, 0.25) is 10.6 Å². The molecule has 7 heteroatoms. The van der Waals surface area contributed by atoms with Gasteiger partial charge in [-0.2, -0.15) is 4.98 Å². The van der Waals surface area contributed by atoms with Crippen LogP contribution in [-0.2, 0) is 13.0 Å². The molecule has 0 aliphatic heterocycles. The summed E-state index contributed by atoms with van der Waals surface area (Å²) < 4.78 is 2.18. The quantitative estimate of drug-likeness (QED) is 0.737. The van der Waals surface area contributed by atoms with Crippen LogP contribution in [0.15, 0.2) is 24.3 Å². The lowest BCUT2D eigenvalue weighted by molar-refractivity contribution is 0.658. The number of imidazole rings is 1. The molecule has 21 heavy (non-hydrogen) atoms. The molecule has 2 heterocycles. The lowest BCUT2D eigenvalue weighted by Crippen LogP contribution is -2.07. The number of rotatable bonds is 4. The Kier molecular flexibility index (Phi) is 4.03. The Morgan fingerprint density at radius 3 is 2.43 bits per heavy atom. The van der Waals surface area contributed by atoms with E-state index in [2.05, 4.69) is 37.5 Å². The molecule has 0 unspecified atom stereocenters. The van der Waals surface area contributed by atoms with E-state index in [-0.39, 0.29) is 10.6 Å². The number of hydrogen-bond donors (Lipinski definition) is 0. The third-order valence-electron chi connectivity index (χ3n) is 3.12. The predicted molar refractivity (Wildman–Crippen MR) is 82.7 cm³/mol. The van der Waals surface area contributed by atoms with Crippen molar-refractivity contribution < 1.29 is 0 Å². The molecule has 0 atom stereocenters. The van der Waals surface area contributed by atoms with Crippen LogP contribution in [-0.4, -0.2) is 24.5 Å². The molecule has 0 fully saturated rings. The zero-order chi connectivity index (χ0) is 14.8. The van der Waals surface area contributed by atoms with Gasteiger partial charge in [0, 0.05) is 6.54 Å². The van der Waals surface area contributed by atoms with E-state index in [0.717, 1.165) is 29.8 Å². The van der Waals surface area contributed by atoms with Gasteiger partial charge in [-0.3, -0.25) is 0 Å². The summed E-state index contributed by atoms with van der Waals surface area (Å²) in [5.74, 6) is 1.42. The highest BCUT2D eigenvalue weighted by atomic mass is 35.5. The van der Waals surface area contributed by atoms with Gasteiger partial charge in [-0.25, -0.2) is 15.0 Å². The molecule has 1 aromatic carbocycles. The molecule has 0 bridgehead atoms. The summed E-state index contributed by atoms with van der Waals surface area (Å²) in [7, 11) is 0. The van der Waals surface area contributed by atoms with Gasteiger partial charge in [-0.05, 0) is 41.8 Å². The molecular weight excluding hydrogens is 309 g/mol. The Hall–Kier alpha value is -1.72. The van der Waals surface area contributed by atoms with Crippen molar-refractivity contribution in [1.29, 1.82) is 0 Å². The van der Waals surface area contributed by atoms with Gasteiger partial charge in [-0.15, -0.1) is 0 Å². The molecule has 0 aliphatic carbocycles. The molecule has 3 rings (SSSR count). The van der Waals surface area contributed by atoms with Crippen molar-refractivity contribution in [2.45, 2.75) is 26.3 Å². The van der Waals surface area contributed by atoms with Gasteiger partial charge in [0.15, 0.2) is 0 Å². The van der Waals surface area contributed by atoms with Gasteiger partial charge in [0.1, 0.15) is 11.6 Å². The van der Waals surface area contributed by atoms with Crippen LogP contribution in [0, 0.1) is 0 Å². The van der Waals surface area contributed by atoms with Crippen molar-refractivity contribution in [3.05, 3.63) is 46.5 Å². The topological polar surface area (TPSA) is 56.5 Å². The number of fused-ring (bicyclic) bond motifs is 1. The fourth-order valence-electron chi connectivity index (χ4n) is 2.32. The second kappa shape index (κ2) is 5.95. The van der Waals surface area contributed by atoms with Crippen molar-refractivity contribution in [2.75, 3.05) is 0 Å². The summed E-state index contributed by atoms with van der Waals surface area (Å²) >= 11 is 11.6. The number of nitrogens with zero attached hydrogens (tertiary/aromatic N) is 5. The fourth-order valence-corrected chi connectivity index (χ4v) is 2.72. The van der Waals surface area contributed by atoms with E-state index >= 15 is 0 Å². The van der Waals surface area contributed by atoms with Gasteiger partial charge in [-0.1, -0.05) is 19.1 Å². The molecule has 0 radical (unpaired) electrons. The zero-order valence-electron chi connectivity index (χ0n) is 11.4. The first-order valence-corrected chi connectivity index (χ1v) is 7.43. The predicted octanol–water partition coefficient (Wildman–Crippen LogP) is 3.53. The number of para-hydroxylation sites is 2. The van der Waals surface area contributed by atoms with Crippen LogP contribution >= 0.6 is 23.2 Å². The van der Waals surface area contributed by atoms with Crippen LogP contribution in [0.5, 0.6) is 0 Å². The second-order valence-corrected chi connectivity index (χ2v) is 5.31. The molecule has 0 spiro atoms. The minimum atomic E-state index is 0.100. The van der Waals surface area contributed by atoms with E-state index in [1.54, 1.807) is 0 Å². The van der Waals surface area contributed by atoms with Gasteiger partial charge in [0.05, 0.1) is 17.5 Å². The number of aryl methyl sites for hydroxylation is 1. The SMILES string of the molecule is CCCn1c(Cc2nc(Cl)nc(Cl)n2)nc2ccccc21. The van der Waals surface area contributed by atoms with Crippen LogP contribution in [0.1, 0.15) is 25.0 Å². The van der Waals surface area contributed by atoms with E-state index < -0.39 is 0 Å². The highest BCUT2D eigenvalue weighted by Crippen LogP contribution is 2.19. The standard InChI is InChI=1S/C14H13Cl2N5/c1-2-7-21-10-6-4-3-5-9(10)17-12(21)8-11-18-13(15)20-14(16)19-11/h3-6H,2,7-8H2,1H3. The van der Waals surface area contributed by atoms with Crippen LogP contribution < -0.4 is 0 Å². The maximum Gasteiger partial charge on any atom is 0.226 e. The van der Waals surface area contributed by atoms with Crippen LogP contribution in [0.25, 0.3) is 11.0 Å². The first kappa shape index (κ1) is 14.2. The van der Waals surface area contributed by atoms with Gasteiger partial charge in [0.25, 0.3) is 0 Å². The minimum absolute atomic E-state index is 0.100. The highest BCUT2D eigenvalue weighted by Gasteiger charge is 2.13. The number of halogens is 2. The Balaban J connectivity index is 2.04. The largest absolute Gasteiger partial charge is 0.328 e. The van der Waals surface area contributed by atoms with E-state index in [1.807, 2.05) is 18.2 Å². The lowest BCUT2D eigenvalue weighted by atomic mass is 10.3. The van der Waals surface area contributed by atoms with Crippen molar-refractivity contribution in [3.63, 3.8) is 0 Å². The second-order valence-electron chi connectivity index (χ2n) is 4.63. The summed E-state index contributed by atoms with van der Waals surface area (Å²) in [4.78, 5) is 16.6. The molecule has 0 saturated heterocycles. The van der Waals surface area contributed by atoms with Crippen molar-refractivity contribution in [2.24, 2.45) is 0 Å². The molecule has 0 N–H and O–H groups in total. The molecule has 2 aromatic heterocycles. The summed E-state index contributed by atoms with van der Waals surface area (Å²) in [6, 6.07) is 8.05. The third-order valence-corrected chi connectivity index (χ3v) is 3.46. The van der Waals surface area contributed by atoms with Gasteiger partial charge < -0.3 is 4.57 Å². The average molecular weight is 322 g/mol.